The van der Waals surface area contributed by atoms with Gasteiger partial charge in [-0.3, -0.25) is 14.9 Å². The number of nitrogens with zero attached hydrogens (tertiary/aromatic N) is 6. The summed E-state index contributed by atoms with van der Waals surface area (Å²) in [7, 11) is 1.61. The van der Waals surface area contributed by atoms with E-state index in [2.05, 4.69) is 15.5 Å². The van der Waals surface area contributed by atoms with Crippen molar-refractivity contribution in [3.8, 4) is 11.4 Å². The van der Waals surface area contributed by atoms with Crippen LogP contribution in [0.15, 0.2) is 53.7 Å². The number of rotatable bonds is 8. The fraction of sp³-hybridized carbons (Fsp3) is 0.222. The Morgan fingerprint density at radius 3 is 2.66 bits per heavy atom. The number of non-ortho nitro benzene ring substituents is 1. The van der Waals surface area contributed by atoms with Gasteiger partial charge in [-0.15, -0.1) is 5.10 Å². The lowest BCUT2D eigenvalue weighted by molar-refractivity contribution is -0.384. The van der Waals surface area contributed by atoms with Crippen molar-refractivity contribution in [2.45, 2.75) is 12.1 Å². The highest BCUT2D eigenvalue weighted by Crippen LogP contribution is 2.26. The predicted octanol–water partition coefficient (Wildman–Crippen LogP) is 2.72. The zero-order chi connectivity index (χ0) is 20.8. The molecular formula is C18H18N6O4S. The maximum atomic E-state index is 12.5. The first-order valence-corrected chi connectivity index (χ1v) is 9.64. The van der Waals surface area contributed by atoms with Gasteiger partial charge in [0.05, 0.1) is 17.3 Å². The summed E-state index contributed by atoms with van der Waals surface area (Å²) in [5, 5.41) is 22.9. The molecule has 0 bridgehead atoms. The third-order valence-electron chi connectivity index (χ3n) is 3.98. The highest BCUT2D eigenvalue weighted by atomic mass is 32.2. The number of amides is 1. The molecular weight excluding hydrogens is 396 g/mol. The zero-order valence-electron chi connectivity index (χ0n) is 15.8. The second-order valence-electron chi connectivity index (χ2n) is 5.79. The van der Waals surface area contributed by atoms with Crippen LogP contribution in [0, 0.1) is 10.1 Å². The van der Waals surface area contributed by atoms with Gasteiger partial charge in [0, 0.05) is 24.9 Å². The molecule has 1 heterocycles. The topological polar surface area (TPSA) is 116 Å². The number of nitro groups is 1. The third-order valence-corrected chi connectivity index (χ3v) is 4.88. The highest BCUT2D eigenvalue weighted by Gasteiger charge is 2.17. The van der Waals surface area contributed by atoms with E-state index in [1.165, 1.54) is 45.6 Å². The largest absolute Gasteiger partial charge is 0.492 e. The van der Waals surface area contributed by atoms with Gasteiger partial charge in [-0.1, -0.05) is 23.9 Å². The van der Waals surface area contributed by atoms with Gasteiger partial charge < -0.3 is 9.64 Å². The second kappa shape index (κ2) is 9.15. The van der Waals surface area contributed by atoms with Crippen molar-refractivity contribution >= 4 is 29.0 Å². The van der Waals surface area contributed by atoms with Crippen molar-refractivity contribution in [2.24, 2.45) is 0 Å². The third kappa shape index (κ3) is 4.69. The molecule has 11 heteroatoms. The molecule has 10 nitrogen and oxygen atoms in total. The van der Waals surface area contributed by atoms with E-state index in [0.29, 0.717) is 28.9 Å². The molecule has 0 N–H and O–H groups in total. The van der Waals surface area contributed by atoms with E-state index >= 15 is 0 Å². The van der Waals surface area contributed by atoms with Gasteiger partial charge in [-0.2, -0.15) is 4.68 Å². The average Bonchev–Trinajstić information content (AvgIpc) is 3.20. The molecule has 0 aliphatic rings. The molecule has 2 aromatic carbocycles. The SMILES string of the molecule is CCOc1ccccc1-n1nnnc1SCC(=O)N(C)c1ccc([N+](=O)[O-])cc1. The lowest BCUT2D eigenvalue weighted by Gasteiger charge is -2.17. The number of benzene rings is 2. The summed E-state index contributed by atoms with van der Waals surface area (Å²) in [5.41, 5.74) is 1.21. The number of hydrogen-bond donors (Lipinski definition) is 0. The van der Waals surface area contributed by atoms with Crippen LogP contribution in [0.2, 0.25) is 0 Å². The number of nitro benzene ring substituents is 1. The molecule has 29 heavy (non-hydrogen) atoms. The summed E-state index contributed by atoms with van der Waals surface area (Å²) in [5.74, 6) is 0.528. The normalized spacial score (nSPS) is 10.6. The maximum absolute atomic E-state index is 12.5. The van der Waals surface area contributed by atoms with E-state index in [-0.39, 0.29) is 17.3 Å². The Kier molecular flexibility index (Phi) is 6.39. The maximum Gasteiger partial charge on any atom is 0.269 e. The molecule has 0 aliphatic carbocycles. The number of hydrogen-bond acceptors (Lipinski definition) is 8. The molecule has 0 unspecified atom stereocenters. The fourth-order valence-corrected chi connectivity index (χ4v) is 3.29. The van der Waals surface area contributed by atoms with Crippen LogP contribution in [0.3, 0.4) is 0 Å². The Morgan fingerprint density at radius 2 is 1.97 bits per heavy atom. The Hall–Kier alpha value is -3.47. The van der Waals surface area contributed by atoms with E-state index < -0.39 is 4.92 Å². The van der Waals surface area contributed by atoms with Crippen LogP contribution < -0.4 is 9.64 Å². The van der Waals surface area contributed by atoms with Gasteiger partial charge >= 0.3 is 0 Å². The smallest absolute Gasteiger partial charge is 0.269 e. The van der Waals surface area contributed by atoms with E-state index in [1.54, 1.807) is 7.05 Å². The first kappa shape index (κ1) is 20.3. The van der Waals surface area contributed by atoms with Crippen molar-refractivity contribution in [1.82, 2.24) is 20.2 Å². The van der Waals surface area contributed by atoms with Crippen molar-refractivity contribution in [1.29, 1.82) is 0 Å². The number of tetrazole rings is 1. The molecule has 0 saturated heterocycles. The quantitative estimate of drug-likeness (QED) is 0.314. The molecule has 150 valence electrons. The monoisotopic (exact) mass is 414 g/mol. The van der Waals surface area contributed by atoms with Gasteiger partial charge in [-0.25, -0.2) is 0 Å². The molecule has 0 atom stereocenters. The van der Waals surface area contributed by atoms with E-state index in [0.717, 1.165) is 0 Å². The Morgan fingerprint density at radius 1 is 1.24 bits per heavy atom. The van der Waals surface area contributed by atoms with Crippen LogP contribution in [0.1, 0.15) is 6.92 Å². The molecule has 0 spiro atoms. The van der Waals surface area contributed by atoms with Crippen LogP contribution >= 0.6 is 11.8 Å². The molecule has 3 rings (SSSR count). The van der Waals surface area contributed by atoms with Gasteiger partial charge in [0.15, 0.2) is 0 Å². The zero-order valence-corrected chi connectivity index (χ0v) is 16.6. The lowest BCUT2D eigenvalue weighted by Crippen LogP contribution is -2.28. The number of ether oxygens (including phenoxy) is 1. The molecule has 0 aliphatic heterocycles. The number of carbonyl (C=O) groups excluding carboxylic acids is 1. The fourth-order valence-electron chi connectivity index (χ4n) is 2.49. The second-order valence-corrected chi connectivity index (χ2v) is 6.73. The van der Waals surface area contributed by atoms with Gasteiger partial charge in [0.25, 0.3) is 5.69 Å². The standard InChI is InChI=1S/C18H18N6O4S/c1-3-28-16-7-5-4-6-15(16)23-18(19-20-21-23)29-12-17(25)22(2)13-8-10-14(11-9-13)24(26)27/h4-11H,3,12H2,1-2H3. The summed E-state index contributed by atoms with van der Waals surface area (Å²) >= 11 is 1.19. The average molecular weight is 414 g/mol. The Balaban J connectivity index is 1.70. The Bertz CT molecular complexity index is 1010. The van der Waals surface area contributed by atoms with Crippen LogP contribution in [0.25, 0.3) is 5.69 Å². The minimum atomic E-state index is -0.485. The predicted molar refractivity (Wildman–Crippen MR) is 108 cm³/mol. The molecule has 0 saturated carbocycles. The summed E-state index contributed by atoms with van der Waals surface area (Å²) < 4.78 is 7.14. The van der Waals surface area contributed by atoms with Gasteiger partial charge in [0.2, 0.25) is 11.1 Å². The molecule has 1 amide bonds. The van der Waals surface area contributed by atoms with Gasteiger partial charge in [0.1, 0.15) is 11.4 Å². The highest BCUT2D eigenvalue weighted by molar-refractivity contribution is 7.99. The van der Waals surface area contributed by atoms with Crippen molar-refractivity contribution in [3.63, 3.8) is 0 Å². The van der Waals surface area contributed by atoms with Crippen LogP contribution in [-0.2, 0) is 4.79 Å². The summed E-state index contributed by atoms with van der Waals surface area (Å²) in [6, 6.07) is 13.1. The molecule has 3 aromatic rings. The summed E-state index contributed by atoms with van der Waals surface area (Å²) in [4.78, 5) is 24.2. The van der Waals surface area contributed by atoms with Crippen LogP contribution in [0.5, 0.6) is 5.75 Å². The molecule has 0 radical (unpaired) electrons. The number of carbonyl (C=O) groups is 1. The number of thioether (sulfide) groups is 1. The van der Waals surface area contributed by atoms with E-state index in [4.69, 9.17) is 4.74 Å². The van der Waals surface area contributed by atoms with E-state index in [9.17, 15) is 14.9 Å². The van der Waals surface area contributed by atoms with Crippen molar-refractivity contribution in [2.75, 3.05) is 24.3 Å². The van der Waals surface area contributed by atoms with Gasteiger partial charge in [-0.05, 0) is 41.6 Å². The first-order chi connectivity index (χ1) is 14.0. The number of anilines is 1. The molecule has 0 fully saturated rings. The minimum Gasteiger partial charge on any atom is -0.492 e. The minimum absolute atomic E-state index is 0.0314. The number of para-hydroxylation sites is 2. The lowest BCUT2D eigenvalue weighted by atomic mass is 10.2. The van der Waals surface area contributed by atoms with Crippen molar-refractivity contribution < 1.29 is 14.5 Å². The molecule has 1 aromatic heterocycles. The number of aromatic nitrogens is 4. The summed E-state index contributed by atoms with van der Waals surface area (Å²) in [6.07, 6.45) is 0. The van der Waals surface area contributed by atoms with E-state index in [1.807, 2.05) is 31.2 Å². The van der Waals surface area contributed by atoms with Crippen LogP contribution in [-0.4, -0.2) is 50.4 Å². The first-order valence-electron chi connectivity index (χ1n) is 8.65. The summed E-state index contributed by atoms with van der Waals surface area (Å²) in [6.45, 7) is 2.39. The van der Waals surface area contributed by atoms with Crippen LogP contribution in [0.4, 0.5) is 11.4 Å². The van der Waals surface area contributed by atoms with Crippen molar-refractivity contribution in [3.05, 3.63) is 58.6 Å². The Labute approximate surface area is 170 Å².